The van der Waals surface area contributed by atoms with Gasteiger partial charge in [0, 0.05) is 12.5 Å². The summed E-state index contributed by atoms with van der Waals surface area (Å²) >= 11 is 0. The fourth-order valence-electron chi connectivity index (χ4n) is 5.46. The molecule has 0 aliphatic heterocycles. The summed E-state index contributed by atoms with van der Waals surface area (Å²) < 4.78 is 18.4. The fourth-order valence-corrected chi connectivity index (χ4v) is 5.46. The first-order valence-electron chi connectivity index (χ1n) is 17.0. The van der Waals surface area contributed by atoms with E-state index < -0.39 is 0 Å². The number of rotatable bonds is 25. The lowest BCUT2D eigenvalue weighted by molar-refractivity contribution is 0.141. The molecule has 4 heteroatoms. The molecule has 2 rings (SSSR count). The van der Waals surface area contributed by atoms with Gasteiger partial charge in [0.05, 0.1) is 25.6 Å². The third-order valence-electron chi connectivity index (χ3n) is 8.59. The Morgan fingerprint density at radius 3 is 1.98 bits per heavy atom. The van der Waals surface area contributed by atoms with E-state index in [0.717, 1.165) is 44.0 Å². The zero-order valence-electron chi connectivity index (χ0n) is 26.6. The van der Waals surface area contributed by atoms with Gasteiger partial charge in [-0.25, -0.2) is 0 Å². The van der Waals surface area contributed by atoms with Crippen LogP contribution in [-0.2, 0) is 11.2 Å². The normalized spacial score (nSPS) is 14.5. The molecule has 2 unspecified atom stereocenters. The molecule has 0 aromatic heterocycles. The van der Waals surface area contributed by atoms with Crippen LogP contribution in [0.1, 0.15) is 142 Å². The van der Waals surface area contributed by atoms with Crippen molar-refractivity contribution in [2.45, 2.75) is 143 Å². The van der Waals surface area contributed by atoms with Crippen LogP contribution in [0.15, 0.2) is 29.5 Å². The van der Waals surface area contributed by atoms with Crippen LogP contribution >= 0.6 is 0 Å². The molecule has 230 valence electrons. The minimum Gasteiger partial charge on any atom is -0.498 e. The van der Waals surface area contributed by atoms with Gasteiger partial charge in [-0.2, -0.15) is 0 Å². The Kier molecular flexibility index (Phi) is 19.0. The molecule has 0 saturated heterocycles. The van der Waals surface area contributed by atoms with Crippen molar-refractivity contribution in [3.63, 3.8) is 0 Å². The molecule has 1 aliphatic carbocycles. The van der Waals surface area contributed by atoms with Crippen LogP contribution in [0.25, 0.3) is 0 Å². The van der Waals surface area contributed by atoms with E-state index in [1.165, 1.54) is 108 Å². The Morgan fingerprint density at radius 2 is 1.38 bits per heavy atom. The molecule has 0 bridgehead atoms. The molecule has 2 atom stereocenters. The summed E-state index contributed by atoms with van der Waals surface area (Å²) in [6.45, 7) is 11.1. The predicted octanol–water partition coefficient (Wildman–Crippen LogP) is 10.2. The number of aliphatic hydroxyl groups is 1. The average Bonchev–Trinajstić information content (AvgIpc) is 2.94. The van der Waals surface area contributed by atoms with Crippen molar-refractivity contribution >= 4 is 0 Å². The van der Waals surface area contributed by atoms with E-state index >= 15 is 0 Å². The summed E-state index contributed by atoms with van der Waals surface area (Å²) in [5, 5.41) is 9.21. The molecule has 1 aromatic rings. The van der Waals surface area contributed by atoms with Gasteiger partial charge in [0.25, 0.3) is 0 Å². The number of unbranched alkanes of at least 4 members (excludes halogenated alkanes) is 6. The van der Waals surface area contributed by atoms with Crippen molar-refractivity contribution in [3.05, 3.63) is 35.1 Å². The van der Waals surface area contributed by atoms with Crippen molar-refractivity contribution in [2.75, 3.05) is 26.4 Å². The summed E-state index contributed by atoms with van der Waals surface area (Å²) in [6, 6.07) is 6.29. The van der Waals surface area contributed by atoms with Crippen molar-refractivity contribution < 1.29 is 19.3 Å². The lowest BCUT2D eigenvalue weighted by atomic mass is 9.89. The lowest BCUT2D eigenvalue weighted by Crippen LogP contribution is -2.12. The largest absolute Gasteiger partial charge is 0.498 e. The maximum Gasteiger partial charge on any atom is 0.123 e. The molecular weight excluding hydrogens is 496 g/mol. The molecule has 40 heavy (non-hydrogen) atoms. The number of ether oxygens (including phenoxy) is 3. The highest BCUT2D eigenvalue weighted by atomic mass is 16.5. The van der Waals surface area contributed by atoms with Gasteiger partial charge in [-0.1, -0.05) is 85.5 Å². The predicted molar refractivity (Wildman–Crippen MR) is 169 cm³/mol. The Hall–Kier alpha value is -1.68. The Morgan fingerprint density at radius 1 is 0.750 bits per heavy atom. The number of aliphatic hydroxyl groups excluding tert-OH is 1. The van der Waals surface area contributed by atoms with Gasteiger partial charge in [-0.05, 0) is 86.5 Å². The zero-order chi connectivity index (χ0) is 28.8. The molecule has 1 aliphatic rings. The Labute approximate surface area is 247 Å². The van der Waals surface area contributed by atoms with Crippen LogP contribution in [0.3, 0.4) is 0 Å². The van der Waals surface area contributed by atoms with Gasteiger partial charge in [-0.3, -0.25) is 0 Å². The quantitative estimate of drug-likeness (QED) is 0.0958. The third kappa shape index (κ3) is 14.3. The highest BCUT2D eigenvalue weighted by molar-refractivity contribution is 5.38. The topological polar surface area (TPSA) is 47.9 Å². The molecule has 0 spiro atoms. The standard InChI is InChI=1S/C36H62O4/c1-5-9-17-30(7-3)28-39-35-26-32(25-34(27-35)38-24-23-37)19-14-12-11-13-15-22-36(33-20-16-21-33)40-29-31(8-4)18-10-6-2/h25-27,30-31,37H,5-24,28-29H2,1-4H3. The van der Waals surface area contributed by atoms with Gasteiger partial charge < -0.3 is 19.3 Å². The molecule has 1 fully saturated rings. The molecule has 0 heterocycles. The molecule has 0 amide bonds. The fraction of sp³-hybridized carbons (Fsp3) is 0.778. The first-order valence-corrected chi connectivity index (χ1v) is 17.0. The van der Waals surface area contributed by atoms with Gasteiger partial charge >= 0.3 is 0 Å². The van der Waals surface area contributed by atoms with E-state index in [4.69, 9.17) is 14.2 Å². The lowest BCUT2D eigenvalue weighted by Gasteiger charge is -2.24. The zero-order valence-corrected chi connectivity index (χ0v) is 26.6. The molecule has 0 radical (unpaired) electrons. The second-order valence-corrected chi connectivity index (χ2v) is 12.0. The molecule has 1 saturated carbocycles. The van der Waals surface area contributed by atoms with Gasteiger partial charge in [-0.15, -0.1) is 0 Å². The molecule has 1 N–H and O–H groups in total. The van der Waals surface area contributed by atoms with E-state index in [2.05, 4.69) is 39.8 Å². The maximum absolute atomic E-state index is 9.21. The van der Waals surface area contributed by atoms with E-state index in [-0.39, 0.29) is 6.61 Å². The number of allylic oxidation sites excluding steroid dienone is 2. The molecular formula is C36H62O4. The number of aryl methyl sites for hydroxylation is 1. The van der Waals surface area contributed by atoms with Crippen molar-refractivity contribution in [3.8, 4) is 11.5 Å². The van der Waals surface area contributed by atoms with Gasteiger partial charge in [0.2, 0.25) is 0 Å². The molecule has 1 aromatic carbocycles. The Balaban J connectivity index is 1.75. The second-order valence-electron chi connectivity index (χ2n) is 12.0. The van der Waals surface area contributed by atoms with Crippen LogP contribution < -0.4 is 9.47 Å². The van der Waals surface area contributed by atoms with Crippen LogP contribution in [0.4, 0.5) is 0 Å². The van der Waals surface area contributed by atoms with Crippen molar-refractivity contribution in [2.24, 2.45) is 11.8 Å². The number of hydrogen-bond donors (Lipinski definition) is 1. The van der Waals surface area contributed by atoms with E-state index in [1.54, 1.807) is 5.57 Å². The van der Waals surface area contributed by atoms with E-state index in [0.29, 0.717) is 18.4 Å². The highest BCUT2D eigenvalue weighted by Crippen LogP contribution is 2.32. The summed E-state index contributed by atoms with van der Waals surface area (Å²) in [7, 11) is 0. The van der Waals surface area contributed by atoms with Crippen molar-refractivity contribution in [1.29, 1.82) is 0 Å². The van der Waals surface area contributed by atoms with Crippen LogP contribution in [0, 0.1) is 11.8 Å². The summed E-state index contributed by atoms with van der Waals surface area (Å²) in [5.41, 5.74) is 2.87. The first-order chi connectivity index (χ1) is 19.6. The highest BCUT2D eigenvalue weighted by Gasteiger charge is 2.17. The average molecular weight is 559 g/mol. The summed E-state index contributed by atoms with van der Waals surface area (Å²) in [4.78, 5) is 0. The van der Waals surface area contributed by atoms with Crippen LogP contribution in [0.5, 0.6) is 11.5 Å². The summed E-state index contributed by atoms with van der Waals surface area (Å²) in [6.07, 6.45) is 22.2. The SMILES string of the molecule is CCCCC(CC)COC(CCCCCCCc1cc(OCCO)cc(OCC(CC)CCCC)c1)=C1CCC1. The van der Waals surface area contributed by atoms with Crippen molar-refractivity contribution in [1.82, 2.24) is 0 Å². The maximum atomic E-state index is 9.21. The minimum absolute atomic E-state index is 0.0246. The van der Waals surface area contributed by atoms with Gasteiger partial charge in [0.15, 0.2) is 0 Å². The third-order valence-corrected chi connectivity index (χ3v) is 8.59. The van der Waals surface area contributed by atoms with E-state index in [1.807, 2.05) is 6.07 Å². The number of benzene rings is 1. The molecule has 4 nitrogen and oxygen atoms in total. The monoisotopic (exact) mass is 558 g/mol. The van der Waals surface area contributed by atoms with E-state index in [9.17, 15) is 5.11 Å². The van der Waals surface area contributed by atoms with Crippen LogP contribution in [-0.4, -0.2) is 31.5 Å². The Bertz CT molecular complexity index is 796. The minimum atomic E-state index is 0.0246. The smallest absolute Gasteiger partial charge is 0.123 e. The first kappa shape index (κ1) is 34.5. The number of hydrogen-bond acceptors (Lipinski definition) is 4. The van der Waals surface area contributed by atoms with Crippen LogP contribution in [0.2, 0.25) is 0 Å². The summed E-state index contributed by atoms with van der Waals surface area (Å²) in [5.74, 6) is 4.36. The second kappa shape index (κ2) is 22.0. The van der Waals surface area contributed by atoms with Gasteiger partial charge in [0.1, 0.15) is 18.1 Å².